The van der Waals surface area contributed by atoms with Gasteiger partial charge in [0.1, 0.15) is 5.75 Å². The molecular weight excluding hydrogens is 537 g/mol. The van der Waals surface area contributed by atoms with Gasteiger partial charge in [0.2, 0.25) is 12.7 Å². The average Bonchev–Trinajstić information content (AvgIpc) is 3.38. The van der Waals surface area contributed by atoms with Crippen molar-refractivity contribution in [1.82, 2.24) is 15.5 Å². The van der Waals surface area contributed by atoms with Gasteiger partial charge in [-0.05, 0) is 25.8 Å². The van der Waals surface area contributed by atoms with Crippen LogP contribution in [0.25, 0.3) is 0 Å². The van der Waals surface area contributed by atoms with Crippen molar-refractivity contribution in [3.8, 4) is 17.2 Å². The maximum Gasteiger partial charge on any atom is 0.387 e. The molecule has 0 aromatic heterocycles. The van der Waals surface area contributed by atoms with Crippen molar-refractivity contribution < 1.29 is 27.8 Å². The Kier molecular flexibility index (Phi) is 9.59. The minimum atomic E-state index is -2.96. The minimum absolute atomic E-state index is 0. The van der Waals surface area contributed by atoms with E-state index >= 15 is 0 Å². The third-order valence-electron chi connectivity index (χ3n) is 5.54. The summed E-state index contributed by atoms with van der Waals surface area (Å²) in [6, 6.07) is 2.99. The molecule has 180 valence electrons. The number of nitrogens with zero attached hydrogens (tertiary/aromatic N) is 2. The predicted molar refractivity (Wildman–Crippen MR) is 127 cm³/mol. The van der Waals surface area contributed by atoms with Crippen LogP contribution in [0, 0.1) is 5.41 Å². The van der Waals surface area contributed by atoms with Crippen LogP contribution in [0.2, 0.25) is 0 Å². The van der Waals surface area contributed by atoms with Crippen LogP contribution in [0.1, 0.15) is 38.2 Å². The van der Waals surface area contributed by atoms with Gasteiger partial charge in [0, 0.05) is 38.8 Å². The second-order valence-electron chi connectivity index (χ2n) is 7.93. The number of nitrogens with one attached hydrogen (secondary N) is 2. The number of amides is 1. The lowest BCUT2D eigenvalue weighted by Crippen LogP contribution is -2.49. The number of guanidine groups is 1. The predicted octanol–water partition coefficient (Wildman–Crippen LogP) is 3.34. The quantitative estimate of drug-likeness (QED) is 0.285. The second kappa shape index (κ2) is 11.7. The molecule has 0 atom stereocenters. The number of hydrogen-bond donors (Lipinski definition) is 2. The molecule has 0 unspecified atom stereocenters. The fraction of sp³-hybridized carbons (Fsp3) is 0.619. The van der Waals surface area contributed by atoms with E-state index in [4.69, 9.17) is 9.47 Å². The SMILES string of the molecule is CCNC(=NCc1cc2c(cc1OC(F)F)OCO2)NCC1(C(=O)N(C)C)CCCC1.I. The number of fused-ring (bicyclic) bond motifs is 1. The molecule has 1 saturated carbocycles. The summed E-state index contributed by atoms with van der Waals surface area (Å²) in [6.07, 6.45) is 3.68. The van der Waals surface area contributed by atoms with Crippen molar-refractivity contribution in [2.45, 2.75) is 45.8 Å². The molecular formula is C21H31F2IN4O4. The minimum Gasteiger partial charge on any atom is -0.454 e. The molecule has 0 bridgehead atoms. The van der Waals surface area contributed by atoms with E-state index in [-0.39, 0.29) is 49.0 Å². The largest absolute Gasteiger partial charge is 0.454 e. The Morgan fingerprint density at radius 2 is 1.88 bits per heavy atom. The molecule has 1 aromatic carbocycles. The van der Waals surface area contributed by atoms with Crippen LogP contribution in [0.4, 0.5) is 8.78 Å². The highest BCUT2D eigenvalue weighted by atomic mass is 127. The topological polar surface area (TPSA) is 84.4 Å². The number of benzene rings is 1. The molecule has 32 heavy (non-hydrogen) atoms. The first-order valence-corrected chi connectivity index (χ1v) is 10.5. The van der Waals surface area contributed by atoms with Gasteiger partial charge in [-0.1, -0.05) is 12.8 Å². The zero-order valence-corrected chi connectivity index (χ0v) is 20.9. The van der Waals surface area contributed by atoms with Gasteiger partial charge in [-0.3, -0.25) is 4.79 Å². The van der Waals surface area contributed by atoms with Crippen LogP contribution in [0.5, 0.6) is 17.2 Å². The van der Waals surface area contributed by atoms with E-state index < -0.39 is 12.0 Å². The van der Waals surface area contributed by atoms with Gasteiger partial charge in [0.15, 0.2) is 17.5 Å². The number of carbonyl (C=O) groups is 1. The van der Waals surface area contributed by atoms with Crippen LogP contribution in [0.15, 0.2) is 17.1 Å². The molecule has 1 aliphatic carbocycles. The number of ether oxygens (including phenoxy) is 3. The molecule has 1 amide bonds. The van der Waals surface area contributed by atoms with Crippen molar-refractivity contribution in [3.05, 3.63) is 17.7 Å². The summed E-state index contributed by atoms with van der Waals surface area (Å²) >= 11 is 0. The van der Waals surface area contributed by atoms with Gasteiger partial charge in [0.05, 0.1) is 12.0 Å². The molecule has 8 nitrogen and oxygen atoms in total. The van der Waals surface area contributed by atoms with Crippen molar-refractivity contribution in [3.63, 3.8) is 0 Å². The van der Waals surface area contributed by atoms with Crippen molar-refractivity contribution >= 4 is 35.8 Å². The maximum atomic E-state index is 12.9. The summed E-state index contributed by atoms with van der Waals surface area (Å²) < 4.78 is 41.0. The normalized spacial score (nSPS) is 16.5. The van der Waals surface area contributed by atoms with Crippen LogP contribution in [-0.2, 0) is 11.3 Å². The van der Waals surface area contributed by atoms with E-state index in [1.807, 2.05) is 6.92 Å². The lowest BCUT2D eigenvalue weighted by atomic mass is 9.84. The zero-order chi connectivity index (χ0) is 22.4. The fourth-order valence-corrected chi connectivity index (χ4v) is 4.05. The lowest BCUT2D eigenvalue weighted by Gasteiger charge is -2.31. The third-order valence-corrected chi connectivity index (χ3v) is 5.54. The Hall–Kier alpha value is -2.05. The Morgan fingerprint density at radius 1 is 1.22 bits per heavy atom. The van der Waals surface area contributed by atoms with Gasteiger partial charge >= 0.3 is 6.61 Å². The van der Waals surface area contributed by atoms with Crippen LogP contribution in [0.3, 0.4) is 0 Å². The number of carbonyl (C=O) groups excluding carboxylic acids is 1. The van der Waals surface area contributed by atoms with Gasteiger partial charge < -0.3 is 29.7 Å². The van der Waals surface area contributed by atoms with Gasteiger partial charge in [-0.15, -0.1) is 24.0 Å². The van der Waals surface area contributed by atoms with Crippen molar-refractivity contribution in [1.29, 1.82) is 0 Å². The molecule has 1 fully saturated rings. The molecule has 0 saturated heterocycles. The van der Waals surface area contributed by atoms with E-state index in [1.54, 1.807) is 25.1 Å². The summed E-state index contributed by atoms with van der Waals surface area (Å²) in [5.74, 6) is 1.43. The third kappa shape index (κ3) is 6.26. The van der Waals surface area contributed by atoms with Gasteiger partial charge in [-0.25, -0.2) is 4.99 Å². The smallest absolute Gasteiger partial charge is 0.387 e. The molecule has 2 aliphatic rings. The first-order chi connectivity index (χ1) is 14.8. The van der Waals surface area contributed by atoms with Crippen molar-refractivity contribution in [2.24, 2.45) is 10.4 Å². The second-order valence-corrected chi connectivity index (χ2v) is 7.93. The number of alkyl halides is 2. The molecule has 1 aliphatic heterocycles. The van der Waals surface area contributed by atoms with E-state index in [9.17, 15) is 13.6 Å². The summed E-state index contributed by atoms with van der Waals surface area (Å²) in [4.78, 5) is 18.9. The number of aliphatic imine (C=N–C) groups is 1. The highest BCUT2D eigenvalue weighted by Gasteiger charge is 2.42. The highest BCUT2D eigenvalue weighted by molar-refractivity contribution is 14.0. The maximum absolute atomic E-state index is 12.9. The van der Waals surface area contributed by atoms with Gasteiger partial charge in [-0.2, -0.15) is 8.78 Å². The molecule has 0 spiro atoms. The molecule has 1 heterocycles. The van der Waals surface area contributed by atoms with E-state index in [0.717, 1.165) is 25.7 Å². The number of halogens is 3. The summed E-state index contributed by atoms with van der Waals surface area (Å²) in [5, 5.41) is 6.41. The van der Waals surface area contributed by atoms with Crippen molar-refractivity contribution in [2.75, 3.05) is 34.0 Å². The zero-order valence-electron chi connectivity index (χ0n) is 18.6. The van der Waals surface area contributed by atoms with E-state index in [1.165, 1.54) is 6.07 Å². The first-order valence-electron chi connectivity index (χ1n) is 10.5. The molecule has 1 aromatic rings. The average molecular weight is 568 g/mol. The lowest BCUT2D eigenvalue weighted by molar-refractivity contribution is -0.138. The van der Waals surface area contributed by atoms with Crippen LogP contribution < -0.4 is 24.8 Å². The fourth-order valence-electron chi connectivity index (χ4n) is 4.05. The van der Waals surface area contributed by atoms with Crippen LogP contribution in [-0.4, -0.2) is 57.4 Å². The summed E-state index contributed by atoms with van der Waals surface area (Å²) in [7, 11) is 3.54. The standard InChI is InChI=1S/C21H30F2N4O4.HI/c1-4-24-20(26-12-21(7-5-6-8-21)18(28)27(2)3)25-11-14-9-16-17(30-13-29-16)10-15(14)31-19(22)23;/h9-10,19H,4-8,11-13H2,1-3H3,(H2,24,25,26);1H. The monoisotopic (exact) mass is 568 g/mol. The highest BCUT2D eigenvalue weighted by Crippen LogP contribution is 2.40. The number of hydrogen-bond acceptors (Lipinski definition) is 5. The molecule has 0 radical (unpaired) electrons. The van der Waals surface area contributed by atoms with Gasteiger partial charge in [0.25, 0.3) is 0 Å². The summed E-state index contributed by atoms with van der Waals surface area (Å²) in [6.45, 7) is 0.151. The molecule has 3 rings (SSSR count). The Labute approximate surface area is 204 Å². The molecule has 11 heteroatoms. The van der Waals surface area contributed by atoms with Crippen LogP contribution >= 0.6 is 24.0 Å². The Morgan fingerprint density at radius 3 is 2.47 bits per heavy atom. The summed E-state index contributed by atoms with van der Waals surface area (Å²) in [5.41, 5.74) is -0.00995. The van der Waals surface area contributed by atoms with E-state index in [2.05, 4.69) is 20.4 Å². The van der Waals surface area contributed by atoms with E-state index in [0.29, 0.717) is 36.1 Å². The Balaban J connectivity index is 0.00000363. The number of rotatable bonds is 8. The first kappa shape index (κ1) is 26.2. The molecule has 2 N–H and O–H groups in total. The Bertz CT molecular complexity index is 817.